The molecule has 0 radical (unpaired) electrons. The Hall–Kier alpha value is -2.78. The number of rotatable bonds is 8. The molecule has 0 N–H and O–H groups in total. The van der Waals surface area contributed by atoms with Gasteiger partial charge >= 0.3 is 0 Å². The summed E-state index contributed by atoms with van der Waals surface area (Å²) in [6.07, 6.45) is 0.0311. The maximum Gasteiger partial charge on any atom is 0.264 e. The molecule has 1 atom stereocenters. The van der Waals surface area contributed by atoms with Crippen molar-refractivity contribution >= 4 is 17.5 Å². The first-order chi connectivity index (χ1) is 14.1. The van der Waals surface area contributed by atoms with E-state index in [9.17, 15) is 4.79 Å². The predicted molar refractivity (Wildman–Crippen MR) is 118 cm³/mol. The van der Waals surface area contributed by atoms with Crippen LogP contribution in [0.15, 0.2) is 78.9 Å². The zero-order chi connectivity index (χ0) is 20.6. The number of aryl methyl sites for hydroxylation is 1. The first kappa shape index (κ1) is 20.9. The molecule has 0 aliphatic heterocycles. The van der Waals surface area contributed by atoms with E-state index in [0.717, 1.165) is 16.7 Å². The van der Waals surface area contributed by atoms with Crippen LogP contribution >= 0.6 is 11.6 Å². The minimum absolute atomic E-state index is 0.0205. The number of halogens is 1. The fraction of sp³-hybridized carbons (Fsp3) is 0.240. The number of hydrogen-bond acceptors (Lipinski definition) is 2. The summed E-state index contributed by atoms with van der Waals surface area (Å²) in [6, 6.07) is 25.6. The van der Waals surface area contributed by atoms with Crippen LogP contribution in [-0.2, 0) is 17.9 Å². The molecule has 1 amide bonds. The summed E-state index contributed by atoms with van der Waals surface area (Å²) >= 11 is 6.11. The number of carbonyl (C=O) groups excluding carboxylic acids is 1. The molecule has 150 valence electrons. The summed E-state index contributed by atoms with van der Waals surface area (Å²) in [7, 11) is 0. The normalized spacial score (nSPS) is 11.7. The highest BCUT2D eigenvalue weighted by atomic mass is 35.5. The Labute approximate surface area is 177 Å². The predicted octanol–water partition coefficient (Wildman–Crippen LogP) is 6.03. The van der Waals surface area contributed by atoms with Crippen LogP contribution in [0.2, 0.25) is 5.02 Å². The molecule has 3 aromatic carbocycles. The van der Waals surface area contributed by atoms with Crippen molar-refractivity contribution in [1.29, 1.82) is 0 Å². The van der Waals surface area contributed by atoms with Gasteiger partial charge < -0.3 is 9.64 Å². The topological polar surface area (TPSA) is 29.5 Å². The minimum atomic E-state index is -0.553. The molecule has 0 saturated carbocycles. The third kappa shape index (κ3) is 5.85. The molecule has 0 aliphatic rings. The van der Waals surface area contributed by atoms with Crippen molar-refractivity contribution in [3.05, 3.63) is 101 Å². The Kier molecular flexibility index (Phi) is 7.31. The number of amides is 1. The molecular weight excluding hydrogens is 382 g/mol. The summed E-state index contributed by atoms with van der Waals surface area (Å²) < 4.78 is 6.07. The van der Waals surface area contributed by atoms with Gasteiger partial charge in [0.25, 0.3) is 5.91 Å². The Bertz CT molecular complexity index is 887. The summed E-state index contributed by atoms with van der Waals surface area (Å²) in [4.78, 5) is 15.3. The molecule has 0 unspecified atom stereocenters. The molecule has 4 heteroatoms. The molecule has 3 rings (SSSR count). The molecular formula is C25H26ClNO2. The molecule has 3 aromatic rings. The monoisotopic (exact) mass is 407 g/mol. The van der Waals surface area contributed by atoms with E-state index < -0.39 is 6.10 Å². The Balaban J connectivity index is 1.81. The number of ether oxygens (including phenoxy) is 1. The third-order valence-electron chi connectivity index (χ3n) is 4.80. The maximum atomic E-state index is 13.4. The van der Waals surface area contributed by atoms with E-state index >= 15 is 0 Å². The van der Waals surface area contributed by atoms with Gasteiger partial charge in [0.15, 0.2) is 6.10 Å². The highest BCUT2D eigenvalue weighted by molar-refractivity contribution is 6.31. The number of hydrogen-bond donors (Lipinski definition) is 0. The van der Waals surface area contributed by atoms with E-state index in [2.05, 4.69) is 0 Å². The number of carbonyl (C=O) groups is 1. The minimum Gasteiger partial charge on any atom is -0.481 e. The molecule has 0 aromatic heterocycles. The van der Waals surface area contributed by atoms with Gasteiger partial charge in [0, 0.05) is 18.1 Å². The Morgan fingerprint density at radius 2 is 1.48 bits per heavy atom. The van der Waals surface area contributed by atoms with Crippen molar-refractivity contribution in [3.63, 3.8) is 0 Å². The van der Waals surface area contributed by atoms with E-state index in [-0.39, 0.29) is 5.91 Å². The van der Waals surface area contributed by atoms with Crippen molar-refractivity contribution in [2.24, 2.45) is 0 Å². The van der Waals surface area contributed by atoms with Crippen LogP contribution in [0.1, 0.15) is 30.0 Å². The van der Waals surface area contributed by atoms with Gasteiger partial charge in [0.05, 0.1) is 0 Å². The van der Waals surface area contributed by atoms with Gasteiger partial charge in [0.1, 0.15) is 5.75 Å². The van der Waals surface area contributed by atoms with Crippen LogP contribution in [0.5, 0.6) is 5.75 Å². The largest absolute Gasteiger partial charge is 0.481 e. The van der Waals surface area contributed by atoms with Gasteiger partial charge in [-0.15, -0.1) is 0 Å². The van der Waals surface area contributed by atoms with Crippen LogP contribution in [0.25, 0.3) is 0 Å². The van der Waals surface area contributed by atoms with Crippen LogP contribution in [-0.4, -0.2) is 16.9 Å². The maximum absolute atomic E-state index is 13.4. The molecule has 0 bridgehead atoms. The second-order valence-electron chi connectivity index (χ2n) is 7.09. The lowest BCUT2D eigenvalue weighted by Crippen LogP contribution is -2.41. The highest BCUT2D eigenvalue weighted by Crippen LogP contribution is 2.23. The molecule has 0 saturated heterocycles. The van der Waals surface area contributed by atoms with Crippen molar-refractivity contribution in [3.8, 4) is 5.75 Å². The Morgan fingerprint density at radius 1 is 0.931 bits per heavy atom. The zero-order valence-electron chi connectivity index (χ0n) is 16.8. The van der Waals surface area contributed by atoms with Gasteiger partial charge in [-0.05, 0) is 48.2 Å². The average molecular weight is 408 g/mol. The molecule has 3 nitrogen and oxygen atoms in total. The van der Waals surface area contributed by atoms with E-state index in [0.29, 0.717) is 30.3 Å². The Morgan fingerprint density at radius 3 is 1.97 bits per heavy atom. The molecule has 0 heterocycles. The van der Waals surface area contributed by atoms with Gasteiger partial charge in [-0.2, -0.15) is 0 Å². The molecule has 0 fully saturated rings. The summed E-state index contributed by atoms with van der Waals surface area (Å²) in [5, 5.41) is 0.687. The van der Waals surface area contributed by atoms with Crippen molar-refractivity contribution in [2.45, 2.75) is 39.5 Å². The van der Waals surface area contributed by atoms with Crippen LogP contribution in [0.4, 0.5) is 0 Å². The zero-order valence-corrected chi connectivity index (χ0v) is 17.6. The van der Waals surface area contributed by atoms with Gasteiger partial charge in [0.2, 0.25) is 0 Å². The fourth-order valence-corrected chi connectivity index (χ4v) is 3.30. The molecule has 0 spiro atoms. The first-order valence-corrected chi connectivity index (χ1v) is 10.2. The number of nitrogens with zero attached hydrogens (tertiary/aromatic N) is 1. The standard InChI is InChI=1S/C25H26ClNO2/c1-3-24(29-22-14-15-23(26)19(2)16-22)25(28)27(17-20-10-6-4-7-11-20)18-21-12-8-5-9-13-21/h4-16,24H,3,17-18H2,1-2H3/t24-/m1/s1. The lowest BCUT2D eigenvalue weighted by Gasteiger charge is -2.28. The van der Waals surface area contributed by atoms with Crippen molar-refractivity contribution in [1.82, 2.24) is 4.90 Å². The quantitative estimate of drug-likeness (QED) is 0.456. The summed E-state index contributed by atoms with van der Waals surface area (Å²) in [6.45, 7) is 4.96. The van der Waals surface area contributed by atoms with Crippen molar-refractivity contribution < 1.29 is 9.53 Å². The first-order valence-electron chi connectivity index (χ1n) is 9.86. The van der Waals surface area contributed by atoms with E-state index in [1.165, 1.54) is 0 Å². The van der Waals surface area contributed by atoms with Crippen LogP contribution in [0, 0.1) is 6.92 Å². The SMILES string of the molecule is CC[C@@H](Oc1ccc(Cl)c(C)c1)C(=O)N(Cc1ccccc1)Cc1ccccc1. The second-order valence-corrected chi connectivity index (χ2v) is 7.50. The lowest BCUT2D eigenvalue weighted by atomic mass is 10.1. The van der Waals surface area contributed by atoms with Gasteiger partial charge in [-0.1, -0.05) is 79.2 Å². The third-order valence-corrected chi connectivity index (χ3v) is 5.22. The van der Waals surface area contributed by atoms with Gasteiger partial charge in [-0.25, -0.2) is 0 Å². The van der Waals surface area contributed by atoms with E-state index in [1.807, 2.05) is 91.5 Å². The van der Waals surface area contributed by atoms with E-state index in [4.69, 9.17) is 16.3 Å². The molecule has 29 heavy (non-hydrogen) atoms. The van der Waals surface area contributed by atoms with Gasteiger partial charge in [-0.3, -0.25) is 4.79 Å². The highest BCUT2D eigenvalue weighted by Gasteiger charge is 2.25. The van der Waals surface area contributed by atoms with E-state index in [1.54, 1.807) is 6.07 Å². The summed E-state index contributed by atoms with van der Waals surface area (Å²) in [5.41, 5.74) is 3.11. The molecule has 0 aliphatic carbocycles. The fourth-order valence-electron chi connectivity index (χ4n) is 3.19. The number of benzene rings is 3. The lowest BCUT2D eigenvalue weighted by molar-refractivity contribution is -0.140. The van der Waals surface area contributed by atoms with Crippen LogP contribution < -0.4 is 4.74 Å². The second kappa shape index (κ2) is 10.1. The average Bonchev–Trinajstić information content (AvgIpc) is 2.75. The van der Waals surface area contributed by atoms with Crippen molar-refractivity contribution in [2.75, 3.05) is 0 Å². The van der Waals surface area contributed by atoms with Crippen LogP contribution in [0.3, 0.4) is 0 Å². The smallest absolute Gasteiger partial charge is 0.264 e. The summed E-state index contributed by atoms with van der Waals surface area (Å²) in [5.74, 6) is 0.638.